The van der Waals surface area contributed by atoms with Gasteiger partial charge in [-0.25, -0.2) is 0 Å². The Hall–Kier alpha value is -1.80. The smallest absolute Gasteiger partial charge is 0.425 e. The molecular weight excluding hydrogens is 399 g/mol. The molecule has 1 N–H and O–H groups in total. The van der Waals surface area contributed by atoms with Gasteiger partial charge < -0.3 is 19.5 Å². The molecular formula is C22H30F3NO4. The summed E-state index contributed by atoms with van der Waals surface area (Å²) in [5.74, 6) is 0.129. The molecule has 0 bridgehead atoms. The number of aliphatic hydroxyl groups is 1. The van der Waals surface area contributed by atoms with Gasteiger partial charge in [0.15, 0.2) is 6.10 Å². The summed E-state index contributed by atoms with van der Waals surface area (Å²) < 4.78 is 48.5. The van der Waals surface area contributed by atoms with E-state index < -0.39 is 23.3 Å². The van der Waals surface area contributed by atoms with E-state index in [1.54, 1.807) is 17.0 Å². The molecule has 30 heavy (non-hydrogen) atoms. The van der Waals surface area contributed by atoms with E-state index in [1.807, 2.05) is 13.8 Å². The number of ether oxygens (including phenoxy) is 2. The first-order chi connectivity index (χ1) is 13.9. The van der Waals surface area contributed by atoms with Gasteiger partial charge in [0.1, 0.15) is 5.75 Å². The molecule has 1 heterocycles. The minimum Gasteiger partial charge on any atom is -0.481 e. The van der Waals surface area contributed by atoms with E-state index in [2.05, 4.69) is 0 Å². The van der Waals surface area contributed by atoms with Crippen LogP contribution >= 0.6 is 0 Å². The molecule has 5 nitrogen and oxygen atoms in total. The van der Waals surface area contributed by atoms with Crippen LogP contribution < -0.4 is 9.64 Å². The van der Waals surface area contributed by atoms with Gasteiger partial charge in [-0.2, -0.15) is 13.2 Å². The minimum absolute atomic E-state index is 0.0201. The molecule has 0 unspecified atom stereocenters. The van der Waals surface area contributed by atoms with Gasteiger partial charge in [0.05, 0.1) is 23.7 Å². The molecule has 0 radical (unpaired) electrons. The first-order valence-corrected chi connectivity index (χ1v) is 10.4. The van der Waals surface area contributed by atoms with Crippen molar-refractivity contribution in [3.8, 4) is 5.75 Å². The van der Waals surface area contributed by atoms with Gasteiger partial charge >= 0.3 is 6.18 Å². The SMILES string of the molecule is CC(C)OCC1(O)CCC2(CCN(c3ccc(O[C@H](C)C(F)(F)F)cc3)C2=O)CC1. The summed E-state index contributed by atoms with van der Waals surface area (Å²) in [5, 5.41) is 10.7. The number of halogens is 3. The molecule has 1 aliphatic heterocycles. The molecule has 1 aliphatic carbocycles. The van der Waals surface area contributed by atoms with Gasteiger partial charge in [0.25, 0.3) is 0 Å². The van der Waals surface area contributed by atoms with Crippen LogP contribution in [0.3, 0.4) is 0 Å². The number of carbonyl (C=O) groups excluding carboxylic acids is 1. The summed E-state index contributed by atoms with van der Waals surface area (Å²) in [4.78, 5) is 14.9. The van der Waals surface area contributed by atoms with Crippen LogP contribution in [0.25, 0.3) is 0 Å². The maximum atomic E-state index is 13.2. The summed E-state index contributed by atoms with van der Waals surface area (Å²) >= 11 is 0. The molecule has 168 valence electrons. The second-order valence-corrected chi connectivity index (χ2v) is 8.87. The lowest BCUT2D eigenvalue weighted by molar-refractivity contribution is -0.189. The average molecular weight is 429 g/mol. The predicted octanol–water partition coefficient (Wildman–Crippen LogP) is 4.47. The van der Waals surface area contributed by atoms with Crippen LogP contribution in [-0.2, 0) is 9.53 Å². The van der Waals surface area contributed by atoms with Crippen LogP contribution in [0, 0.1) is 5.41 Å². The number of hydrogen-bond acceptors (Lipinski definition) is 4. The fourth-order valence-corrected chi connectivity index (χ4v) is 4.17. The fraction of sp³-hybridized carbons (Fsp3) is 0.682. The molecule has 1 atom stereocenters. The number of nitrogens with zero attached hydrogens (tertiary/aromatic N) is 1. The summed E-state index contributed by atoms with van der Waals surface area (Å²) in [5.41, 5.74) is -0.727. The quantitative estimate of drug-likeness (QED) is 0.725. The average Bonchev–Trinajstić information content (AvgIpc) is 2.99. The molecule has 8 heteroatoms. The lowest BCUT2D eigenvalue weighted by Gasteiger charge is -2.41. The Morgan fingerprint density at radius 3 is 2.20 bits per heavy atom. The fourth-order valence-electron chi connectivity index (χ4n) is 4.17. The Balaban J connectivity index is 1.62. The van der Waals surface area contributed by atoms with Crippen LogP contribution in [-0.4, -0.2) is 48.2 Å². The monoisotopic (exact) mass is 429 g/mol. The van der Waals surface area contributed by atoms with Gasteiger partial charge in [-0.3, -0.25) is 4.79 Å². The van der Waals surface area contributed by atoms with Crippen molar-refractivity contribution in [2.24, 2.45) is 5.41 Å². The highest BCUT2D eigenvalue weighted by molar-refractivity contribution is 6.00. The predicted molar refractivity (Wildman–Crippen MR) is 106 cm³/mol. The third-order valence-electron chi connectivity index (χ3n) is 6.26. The Kier molecular flexibility index (Phi) is 6.39. The molecule has 1 saturated carbocycles. The zero-order valence-corrected chi connectivity index (χ0v) is 17.7. The van der Waals surface area contributed by atoms with Crippen LogP contribution in [0.4, 0.5) is 18.9 Å². The Morgan fingerprint density at radius 1 is 1.07 bits per heavy atom. The van der Waals surface area contributed by atoms with E-state index >= 15 is 0 Å². The van der Waals surface area contributed by atoms with E-state index in [1.165, 1.54) is 12.1 Å². The lowest BCUT2D eigenvalue weighted by atomic mass is 9.68. The van der Waals surface area contributed by atoms with Crippen molar-refractivity contribution in [1.82, 2.24) is 0 Å². The van der Waals surface area contributed by atoms with Crippen LogP contribution in [0.15, 0.2) is 24.3 Å². The minimum atomic E-state index is -4.43. The highest BCUT2D eigenvalue weighted by atomic mass is 19.4. The van der Waals surface area contributed by atoms with Crippen molar-refractivity contribution in [2.45, 2.75) is 76.9 Å². The Labute approximate surface area is 175 Å². The van der Waals surface area contributed by atoms with Crippen molar-refractivity contribution < 1.29 is 32.5 Å². The van der Waals surface area contributed by atoms with Crippen molar-refractivity contribution >= 4 is 11.6 Å². The zero-order chi connectivity index (χ0) is 22.2. The van der Waals surface area contributed by atoms with Crippen molar-refractivity contribution in [3.63, 3.8) is 0 Å². The number of carbonyl (C=O) groups is 1. The van der Waals surface area contributed by atoms with E-state index in [0.717, 1.165) is 6.92 Å². The summed E-state index contributed by atoms with van der Waals surface area (Å²) in [6.07, 6.45) is -3.35. The third-order valence-corrected chi connectivity index (χ3v) is 6.26. The Morgan fingerprint density at radius 2 is 1.67 bits per heavy atom. The van der Waals surface area contributed by atoms with Crippen LogP contribution in [0.1, 0.15) is 52.9 Å². The number of alkyl halides is 3. The second kappa shape index (κ2) is 8.38. The van der Waals surface area contributed by atoms with Gasteiger partial charge in [-0.15, -0.1) is 0 Å². The molecule has 1 spiro atoms. The summed E-state index contributed by atoms with van der Waals surface area (Å²) in [6, 6.07) is 6.15. The maximum Gasteiger partial charge on any atom is 0.425 e. The maximum absolute atomic E-state index is 13.2. The largest absolute Gasteiger partial charge is 0.481 e. The molecule has 0 aromatic heterocycles. The Bertz CT molecular complexity index is 740. The van der Waals surface area contributed by atoms with Gasteiger partial charge in [-0.05, 0) is 77.1 Å². The second-order valence-electron chi connectivity index (χ2n) is 8.87. The molecule has 2 aliphatic rings. The van der Waals surface area contributed by atoms with Crippen LogP contribution in [0.5, 0.6) is 5.75 Å². The number of amides is 1. The van der Waals surface area contributed by atoms with E-state index in [0.29, 0.717) is 44.3 Å². The third kappa shape index (κ3) is 4.91. The first kappa shape index (κ1) is 22.9. The van der Waals surface area contributed by atoms with E-state index in [9.17, 15) is 23.1 Å². The molecule has 1 aromatic carbocycles. The number of rotatable bonds is 6. The zero-order valence-electron chi connectivity index (χ0n) is 17.7. The molecule has 2 fully saturated rings. The van der Waals surface area contributed by atoms with E-state index in [-0.39, 0.29) is 24.4 Å². The first-order valence-electron chi connectivity index (χ1n) is 10.4. The molecule has 1 aromatic rings. The normalized spacial score (nSPS) is 28.4. The number of anilines is 1. The lowest BCUT2D eigenvalue weighted by Crippen LogP contribution is -2.46. The van der Waals surface area contributed by atoms with Crippen molar-refractivity contribution in [3.05, 3.63) is 24.3 Å². The van der Waals surface area contributed by atoms with Gasteiger partial charge in [0, 0.05) is 12.2 Å². The molecule has 1 saturated heterocycles. The number of hydrogen-bond donors (Lipinski definition) is 1. The standard InChI is InChI=1S/C22H30F3NO4/c1-15(2)29-14-21(28)10-8-20(9-11-21)12-13-26(19(20)27)17-4-6-18(7-5-17)30-16(3)22(23,24)25/h4-7,15-16,28H,8-14H2,1-3H3/t16-,20?,21?/m1/s1. The highest BCUT2D eigenvalue weighted by Crippen LogP contribution is 2.48. The number of benzene rings is 1. The highest BCUT2D eigenvalue weighted by Gasteiger charge is 2.51. The van der Waals surface area contributed by atoms with Gasteiger partial charge in [0.2, 0.25) is 5.91 Å². The summed E-state index contributed by atoms with van der Waals surface area (Å²) in [6.45, 7) is 5.63. The molecule has 1 amide bonds. The van der Waals surface area contributed by atoms with Crippen molar-refractivity contribution in [2.75, 3.05) is 18.1 Å². The van der Waals surface area contributed by atoms with E-state index in [4.69, 9.17) is 9.47 Å². The topological polar surface area (TPSA) is 59.0 Å². The van der Waals surface area contributed by atoms with Crippen molar-refractivity contribution in [1.29, 1.82) is 0 Å². The van der Waals surface area contributed by atoms with Crippen LogP contribution in [0.2, 0.25) is 0 Å². The van der Waals surface area contributed by atoms with Gasteiger partial charge in [-0.1, -0.05) is 0 Å². The molecule has 3 rings (SSSR count). The summed E-state index contributed by atoms with van der Waals surface area (Å²) in [7, 11) is 0.